The monoisotopic (exact) mass is 336 g/mol. The van der Waals surface area contributed by atoms with Gasteiger partial charge in [0.2, 0.25) is 0 Å². The summed E-state index contributed by atoms with van der Waals surface area (Å²) in [7, 11) is 0. The Kier molecular flexibility index (Phi) is 7.54. The first-order chi connectivity index (χ1) is 11.3. The van der Waals surface area contributed by atoms with E-state index < -0.39 is 23.9 Å². The van der Waals surface area contributed by atoms with Gasteiger partial charge >= 0.3 is 6.03 Å². The molecule has 1 atom stereocenters. The van der Waals surface area contributed by atoms with Gasteiger partial charge in [-0.1, -0.05) is 32.9 Å². The van der Waals surface area contributed by atoms with Crippen molar-refractivity contribution < 1.29 is 19.1 Å². The molecule has 0 saturated carbocycles. The Morgan fingerprint density at radius 2 is 1.75 bits per heavy atom. The van der Waals surface area contributed by atoms with Crippen molar-refractivity contribution in [3.05, 3.63) is 29.8 Å². The van der Waals surface area contributed by atoms with Crippen LogP contribution in [0.15, 0.2) is 24.3 Å². The first-order valence-corrected chi connectivity index (χ1v) is 7.69. The number of aryl methyl sites for hydroxylation is 1. The molecule has 0 heterocycles. The number of amides is 4. The number of ether oxygens (including phenoxy) is 1. The molecular formula is C16H24N4O4. The fourth-order valence-corrected chi connectivity index (χ4v) is 1.90. The summed E-state index contributed by atoms with van der Waals surface area (Å²) in [6.45, 7) is 5.28. The Bertz CT molecular complexity index is 572. The minimum absolute atomic E-state index is 0.192. The second-order valence-corrected chi connectivity index (χ2v) is 5.55. The van der Waals surface area contributed by atoms with E-state index >= 15 is 0 Å². The zero-order valence-corrected chi connectivity index (χ0v) is 14.1. The van der Waals surface area contributed by atoms with Crippen LogP contribution in [0.2, 0.25) is 0 Å². The SMILES string of the molecule is CCc1ccc(OCC(=O)NNC(=O)[C@@H](NC(N)=O)C(C)C)cc1. The lowest BCUT2D eigenvalue weighted by atomic mass is 10.0. The highest BCUT2D eigenvalue weighted by Gasteiger charge is 2.23. The third kappa shape index (κ3) is 6.55. The van der Waals surface area contributed by atoms with Crippen molar-refractivity contribution in [3.63, 3.8) is 0 Å². The molecule has 0 bridgehead atoms. The zero-order chi connectivity index (χ0) is 18.1. The highest BCUT2D eigenvalue weighted by Crippen LogP contribution is 2.12. The number of benzene rings is 1. The van der Waals surface area contributed by atoms with Crippen molar-refractivity contribution in [3.8, 4) is 5.75 Å². The molecule has 1 aromatic rings. The molecule has 1 aromatic carbocycles. The number of urea groups is 1. The van der Waals surface area contributed by atoms with Gasteiger partial charge in [0.25, 0.3) is 11.8 Å². The van der Waals surface area contributed by atoms with Crippen molar-refractivity contribution in [2.24, 2.45) is 11.7 Å². The summed E-state index contributed by atoms with van der Waals surface area (Å²) in [5.74, 6) is -0.721. The molecule has 8 nitrogen and oxygen atoms in total. The maximum Gasteiger partial charge on any atom is 0.312 e. The Labute approximate surface area is 141 Å². The first-order valence-electron chi connectivity index (χ1n) is 7.69. The van der Waals surface area contributed by atoms with Gasteiger partial charge in [-0.15, -0.1) is 0 Å². The van der Waals surface area contributed by atoms with Gasteiger partial charge in [-0.2, -0.15) is 0 Å². The maximum atomic E-state index is 11.9. The number of primary amides is 1. The third-order valence-electron chi connectivity index (χ3n) is 3.27. The Morgan fingerprint density at radius 3 is 2.25 bits per heavy atom. The molecule has 132 valence electrons. The molecule has 0 saturated heterocycles. The number of hydrogen-bond acceptors (Lipinski definition) is 4. The number of carbonyl (C=O) groups excluding carboxylic acids is 3. The second kappa shape index (κ2) is 9.39. The van der Waals surface area contributed by atoms with Gasteiger partial charge in [0.05, 0.1) is 0 Å². The Hall–Kier alpha value is -2.77. The number of hydrazine groups is 1. The van der Waals surface area contributed by atoms with E-state index in [1.54, 1.807) is 26.0 Å². The molecular weight excluding hydrogens is 312 g/mol. The molecule has 1 rings (SSSR count). The van der Waals surface area contributed by atoms with Crippen LogP contribution in [0.25, 0.3) is 0 Å². The van der Waals surface area contributed by atoms with Gasteiger partial charge < -0.3 is 15.8 Å². The minimum atomic E-state index is -0.842. The molecule has 0 unspecified atom stereocenters. The number of nitrogens with two attached hydrogens (primary N) is 1. The van der Waals surface area contributed by atoms with Crippen LogP contribution in [-0.2, 0) is 16.0 Å². The van der Waals surface area contributed by atoms with Crippen LogP contribution in [0.1, 0.15) is 26.3 Å². The largest absolute Gasteiger partial charge is 0.484 e. The number of nitrogens with one attached hydrogen (secondary N) is 3. The molecule has 0 aliphatic carbocycles. The van der Waals surface area contributed by atoms with E-state index in [1.807, 2.05) is 19.1 Å². The lowest BCUT2D eigenvalue weighted by Crippen LogP contribution is -2.55. The smallest absolute Gasteiger partial charge is 0.312 e. The number of rotatable bonds is 7. The fraction of sp³-hybridized carbons (Fsp3) is 0.438. The first kappa shape index (κ1) is 19.3. The van der Waals surface area contributed by atoms with Gasteiger partial charge in [-0.05, 0) is 30.0 Å². The molecule has 0 spiro atoms. The van der Waals surface area contributed by atoms with Crippen LogP contribution in [0, 0.1) is 5.92 Å². The molecule has 8 heteroatoms. The lowest BCUT2D eigenvalue weighted by Gasteiger charge is -2.20. The maximum absolute atomic E-state index is 11.9. The highest BCUT2D eigenvalue weighted by molar-refractivity contribution is 5.88. The van der Waals surface area contributed by atoms with Crippen LogP contribution >= 0.6 is 0 Å². The summed E-state index contributed by atoms with van der Waals surface area (Å²) in [5.41, 5.74) is 10.7. The van der Waals surface area contributed by atoms with E-state index in [4.69, 9.17) is 10.5 Å². The van der Waals surface area contributed by atoms with Crippen LogP contribution in [0.4, 0.5) is 4.79 Å². The van der Waals surface area contributed by atoms with Crippen LogP contribution < -0.4 is 26.6 Å². The molecule has 0 aromatic heterocycles. The quantitative estimate of drug-likeness (QED) is 0.540. The van der Waals surface area contributed by atoms with E-state index in [9.17, 15) is 14.4 Å². The third-order valence-corrected chi connectivity index (χ3v) is 3.27. The summed E-state index contributed by atoms with van der Waals surface area (Å²) in [5, 5.41) is 2.32. The van der Waals surface area contributed by atoms with E-state index in [1.165, 1.54) is 5.56 Å². The summed E-state index contributed by atoms with van der Waals surface area (Å²) >= 11 is 0. The van der Waals surface area contributed by atoms with Gasteiger partial charge in [0.15, 0.2) is 6.61 Å². The molecule has 0 aliphatic heterocycles. The van der Waals surface area contributed by atoms with Crippen LogP contribution in [0.5, 0.6) is 5.75 Å². The average molecular weight is 336 g/mol. The van der Waals surface area contributed by atoms with Crippen LogP contribution in [-0.4, -0.2) is 30.5 Å². The topological polar surface area (TPSA) is 123 Å². The lowest BCUT2D eigenvalue weighted by molar-refractivity contribution is -0.131. The van der Waals surface area contributed by atoms with Gasteiger partial charge in [0.1, 0.15) is 11.8 Å². The molecule has 0 radical (unpaired) electrons. The van der Waals surface area contributed by atoms with Gasteiger partial charge in [-0.25, -0.2) is 4.79 Å². The fourth-order valence-electron chi connectivity index (χ4n) is 1.90. The van der Waals surface area contributed by atoms with Crippen molar-refractivity contribution in [1.29, 1.82) is 0 Å². The normalized spacial score (nSPS) is 11.5. The number of carbonyl (C=O) groups is 3. The summed E-state index contributed by atoms with van der Waals surface area (Å²) < 4.78 is 5.32. The molecule has 0 fully saturated rings. The summed E-state index contributed by atoms with van der Waals surface area (Å²) in [6.07, 6.45) is 0.920. The minimum Gasteiger partial charge on any atom is -0.484 e. The molecule has 4 amide bonds. The molecule has 24 heavy (non-hydrogen) atoms. The van der Waals surface area contributed by atoms with E-state index in [0.29, 0.717) is 5.75 Å². The van der Waals surface area contributed by atoms with E-state index in [2.05, 4.69) is 16.2 Å². The van der Waals surface area contributed by atoms with Crippen LogP contribution in [0.3, 0.4) is 0 Å². The molecule has 0 aliphatic rings. The predicted molar refractivity (Wildman–Crippen MR) is 88.9 cm³/mol. The van der Waals surface area contributed by atoms with Crippen molar-refractivity contribution >= 4 is 17.8 Å². The average Bonchev–Trinajstić information content (AvgIpc) is 2.55. The van der Waals surface area contributed by atoms with Crippen molar-refractivity contribution in [1.82, 2.24) is 16.2 Å². The van der Waals surface area contributed by atoms with E-state index in [0.717, 1.165) is 6.42 Å². The Balaban J connectivity index is 2.41. The van der Waals surface area contributed by atoms with Crippen molar-refractivity contribution in [2.45, 2.75) is 33.2 Å². The van der Waals surface area contributed by atoms with Crippen molar-refractivity contribution in [2.75, 3.05) is 6.61 Å². The second-order valence-electron chi connectivity index (χ2n) is 5.55. The van der Waals surface area contributed by atoms with Gasteiger partial charge in [-0.3, -0.25) is 20.4 Å². The molecule has 5 N–H and O–H groups in total. The zero-order valence-electron chi connectivity index (χ0n) is 14.1. The summed E-state index contributed by atoms with van der Waals surface area (Å²) in [6, 6.07) is 5.72. The summed E-state index contributed by atoms with van der Waals surface area (Å²) in [4.78, 5) is 34.5. The Morgan fingerprint density at radius 1 is 1.12 bits per heavy atom. The van der Waals surface area contributed by atoms with E-state index in [-0.39, 0.29) is 12.5 Å². The predicted octanol–water partition coefficient (Wildman–Crippen LogP) is 0.468. The standard InChI is InChI=1S/C16H24N4O4/c1-4-11-5-7-12(8-6-11)24-9-13(21)19-20-15(22)14(10(2)3)18-16(17)23/h5-8,10,14H,4,9H2,1-3H3,(H,19,21)(H,20,22)(H3,17,18,23)/t14-/m0/s1. The number of hydrogen-bond donors (Lipinski definition) is 4. The highest BCUT2D eigenvalue weighted by atomic mass is 16.5. The van der Waals surface area contributed by atoms with Gasteiger partial charge in [0, 0.05) is 0 Å².